The van der Waals surface area contributed by atoms with E-state index >= 15 is 0 Å². The van der Waals surface area contributed by atoms with Crippen molar-refractivity contribution in [3.05, 3.63) is 59.8 Å². The molecule has 0 aromatic carbocycles. The van der Waals surface area contributed by atoms with E-state index in [1.807, 2.05) is 62.1 Å². The summed E-state index contributed by atoms with van der Waals surface area (Å²) in [6, 6.07) is 12.0. The quantitative estimate of drug-likeness (QED) is 0.566. The largest absolute Gasteiger partial charge is 0.291 e. The molecule has 0 aliphatic rings. The number of nitriles is 1. The van der Waals surface area contributed by atoms with Gasteiger partial charge in [-0.15, -0.1) is 0 Å². The maximum atomic E-state index is 9.27. The zero-order valence-corrected chi connectivity index (χ0v) is 14.2. The third-order valence-corrected chi connectivity index (χ3v) is 4.37. The Labute approximate surface area is 145 Å². The lowest BCUT2D eigenvalue weighted by atomic mass is 10.0. The molecule has 4 aromatic rings. The van der Waals surface area contributed by atoms with Crippen molar-refractivity contribution in [1.29, 1.82) is 5.26 Å². The molecule has 0 aliphatic carbocycles. The Morgan fingerprint density at radius 1 is 1.12 bits per heavy atom. The Bertz CT molecular complexity index is 1140. The van der Waals surface area contributed by atoms with Gasteiger partial charge in [-0.05, 0) is 38.1 Å². The van der Waals surface area contributed by atoms with Gasteiger partial charge >= 0.3 is 0 Å². The number of fused-ring (bicyclic) bond motifs is 1. The number of aryl methyl sites for hydroxylation is 2. The molecule has 25 heavy (non-hydrogen) atoms. The van der Waals surface area contributed by atoms with E-state index < -0.39 is 0 Å². The van der Waals surface area contributed by atoms with Gasteiger partial charge in [0.1, 0.15) is 23.1 Å². The van der Waals surface area contributed by atoms with Crippen molar-refractivity contribution in [3.63, 3.8) is 0 Å². The summed E-state index contributed by atoms with van der Waals surface area (Å²) in [5, 5.41) is 13.9. The SMILES string of the molecule is Cc1cccc(-c2nn(C)c(C)c2-c2ccc3ncc(C#N)n3c2)n1. The lowest BCUT2D eigenvalue weighted by Crippen LogP contribution is -1.93. The number of pyridine rings is 2. The lowest BCUT2D eigenvalue weighted by molar-refractivity contribution is 0.742. The van der Waals surface area contributed by atoms with Crippen LogP contribution in [0.1, 0.15) is 17.1 Å². The fourth-order valence-corrected chi connectivity index (χ4v) is 3.02. The molecule has 4 rings (SSSR count). The summed E-state index contributed by atoms with van der Waals surface area (Å²) in [6.45, 7) is 4.00. The predicted octanol–water partition coefficient (Wildman–Crippen LogP) is 3.29. The van der Waals surface area contributed by atoms with Crippen molar-refractivity contribution < 1.29 is 0 Å². The Hall–Kier alpha value is -3.46. The zero-order valence-electron chi connectivity index (χ0n) is 14.2. The van der Waals surface area contributed by atoms with Crippen LogP contribution in [-0.2, 0) is 7.05 Å². The van der Waals surface area contributed by atoms with E-state index in [9.17, 15) is 5.26 Å². The predicted molar refractivity (Wildman–Crippen MR) is 94.8 cm³/mol. The summed E-state index contributed by atoms with van der Waals surface area (Å²) in [4.78, 5) is 8.87. The molecule has 6 nitrogen and oxygen atoms in total. The van der Waals surface area contributed by atoms with Crippen LogP contribution in [0.4, 0.5) is 0 Å². The van der Waals surface area contributed by atoms with Crippen LogP contribution in [0, 0.1) is 25.2 Å². The van der Waals surface area contributed by atoms with Crippen LogP contribution in [0.3, 0.4) is 0 Å². The second-order valence-corrected chi connectivity index (χ2v) is 6.00. The van der Waals surface area contributed by atoms with Crippen LogP contribution in [0.2, 0.25) is 0 Å². The van der Waals surface area contributed by atoms with Crippen molar-refractivity contribution in [2.45, 2.75) is 13.8 Å². The van der Waals surface area contributed by atoms with Gasteiger partial charge in [0.15, 0.2) is 0 Å². The first-order valence-electron chi connectivity index (χ1n) is 7.93. The van der Waals surface area contributed by atoms with Gasteiger partial charge in [0.05, 0.1) is 11.9 Å². The molecule has 0 saturated carbocycles. The highest BCUT2D eigenvalue weighted by Crippen LogP contribution is 2.33. The normalized spacial score (nSPS) is 11.0. The van der Waals surface area contributed by atoms with Crippen molar-refractivity contribution >= 4 is 5.65 Å². The van der Waals surface area contributed by atoms with E-state index in [-0.39, 0.29) is 0 Å². The molecule has 0 spiro atoms. The molecule has 0 bridgehead atoms. The van der Waals surface area contributed by atoms with Crippen LogP contribution in [0.5, 0.6) is 0 Å². The highest BCUT2D eigenvalue weighted by atomic mass is 15.3. The van der Waals surface area contributed by atoms with E-state index in [0.717, 1.165) is 39.5 Å². The molecule has 0 radical (unpaired) electrons. The minimum atomic E-state index is 0.508. The van der Waals surface area contributed by atoms with Crippen molar-refractivity contribution in [2.75, 3.05) is 0 Å². The van der Waals surface area contributed by atoms with Gasteiger partial charge in [0.2, 0.25) is 0 Å². The van der Waals surface area contributed by atoms with Gasteiger partial charge in [-0.1, -0.05) is 6.07 Å². The van der Waals surface area contributed by atoms with Gasteiger partial charge in [-0.3, -0.25) is 14.1 Å². The molecule has 0 saturated heterocycles. The number of hydrogen-bond donors (Lipinski definition) is 0. The smallest absolute Gasteiger partial charge is 0.144 e. The monoisotopic (exact) mass is 328 g/mol. The molecule has 0 fully saturated rings. The molecule has 0 atom stereocenters. The fourth-order valence-electron chi connectivity index (χ4n) is 3.02. The first kappa shape index (κ1) is 15.1. The van der Waals surface area contributed by atoms with E-state index in [4.69, 9.17) is 0 Å². The van der Waals surface area contributed by atoms with Crippen LogP contribution in [0.15, 0.2) is 42.7 Å². The summed E-state index contributed by atoms with van der Waals surface area (Å²) in [5.41, 5.74) is 6.91. The van der Waals surface area contributed by atoms with Gasteiger partial charge in [0.25, 0.3) is 0 Å². The van der Waals surface area contributed by atoms with Crippen molar-refractivity contribution in [2.24, 2.45) is 7.05 Å². The maximum absolute atomic E-state index is 9.27. The molecular weight excluding hydrogens is 312 g/mol. The Morgan fingerprint density at radius 3 is 2.72 bits per heavy atom. The third kappa shape index (κ3) is 2.37. The average Bonchev–Trinajstić information content (AvgIpc) is 3.15. The second kappa shape index (κ2) is 5.56. The van der Waals surface area contributed by atoms with Crippen LogP contribution >= 0.6 is 0 Å². The molecule has 4 aromatic heterocycles. The summed E-state index contributed by atoms with van der Waals surface area (Å²) in [5.74, 6) is 0. The summed E-state index contributed by atoms with van der Waals surface area (Å²) in [7, 11) is 1.93. The van der Waals surface area contributed by atoms with Crippen molar-refractivity contribution in [3.8, 4) is 28.6 Å². The van der Waals surface area contributed by atoms with Gasteiger partial charge in [0, 0.05) is 35.8 Å². The van der Waals surface area contributed by atoms with Gasteiger partial charge in [-0.2, -0.15) is 10.4 Å². The van der Waals surface area contributed by atoms with Crippen molar-refractivity contribution in [1.82, 2.24) is 24.1 Å². The van der Waals surface area contributed by atoms with E-state index in [2.05, 4.69) is 21.1 Å². The maximum Gasteiger partial charge on any atom is 0.144 e. The van der Waals surface area contributed by atoms with Crippen LogP contribution in [-0.4, -0.2) is 24.1 Å². The minimum Gasteiger partial charge on any atom is -0.291 e. The summed E-state index contributed by atoms with van der Waals surface area (Å²) < 4.78 is 3.66. The topological polar surface area (TPSA) is 71.8 Å². The molecule has 0 amide bonds. The summed E-state index contributed by atoms with van der Waals surface area (Å²) in [6.07, 6.45) is 3.52. The molecule has 122 valence electrons. The lowest BCUT2D eigenvalue weighted by Gasteiger charge is -2.06. The molecule has 0 aliphatic heterocycles. The average molecular weight is 328 g/mol. The number of hydrogen-bond acceptors (Lipinski definition) is 4. The Kier molecular flexibility index (Phi) is 3.36. The highest BCUT2D eigenvalue weighted by molar-refractivity contribution is 5.81. The second-order valence-electron chi connectivity index (χ2n) is 6.00. The number of nitrogens with zero attached hydrogens (tertiary/aromatic N) is 6. The highest BCUT2D eigenvalue weighted by Gasteiger charge is 2.18. The Balaban J connectivity index is 1.98. The van der Waals surface area contributed by atoms with Gasteiger partial charge in [-0.25, -0.2) is 4.98 Å². The first-order valence-corrected chi connectivity index (χ1v) is 7.93. The summed E-state index contributed by atoms with van der Waals surface area (Å²) >= 11 is 0. The standard InChI is InChI=1S/C19H16N6/c1-12-5-4-6-16(22-12)19-18(13(2)24(3)23-19)14-7-8-17-21-10-15(9-20)25(17)11-14/h4-8,10-11H,1-3H3. The first-order chi connectivity index (χ1) is 12.1. The van der Waals surface area contributed by atoms with E-state index in [1.54, 1.807) is 10.6 Å². The third-order valence-electron chi connectivity index (χ3n) is 4.37. The number of rotatable bonds is 2. The Morgan fingerprint density at radius 2 is 1.96 bits per heavy atom. The van der Waals surface area contributed by atoms with Crippen LogP contribution in [0.25, 0.3) is 28.2 Å². The number of aromatic nitrogens is 5. The van der Waals surface area contributed by atoms with Crippen LogP contribution < -0.4 is 0 Å². The molecular formula is C19H16N6. The molecule has 4 heterocycles. The minimum absolute atomic E-state index is 0.508. The molecule has 0 N–H and O–H groups in total. The molecule has 0 unspecified atom stereocenters. The molecule has 6 heteroatoms. The van der Waals surface area contributed by atoms with E-state index in [1.165, 1.54) is 0 Å². The van der Waals surface area contributed by atoms with E-state index in [0.29, 0.717) is 5.69 Å². The zero-order chi connectivity index (χ0) is 17.6. The van der Waals surface area contributed by atoms with Gasteiger partial charge < -0.3 is 0 Å². The number of imidazole rings is 1. The fraction of sp³-hybridized carbons (Fsp3) is 0.158.